The molecule has 162 valence electrons. The van der Waals surface area contributed by atoms with Crippen molar-refractivity contribution >= 4 is 23.5 Å². The van der Waals surface area contributed by atoms with Crippen molar-refractivity contribution in [3.8, 4) is 0 Å². The number of hydrogen-bond donors (Lipinski definition) is 3. The molecule has 0 aromatic heterocycles. The van der Waals surface area contributed by atoms with Crippen molar-refractivity contribution in [2.75, 3.05) is 6.54 Å². The summed E-state index contributed by atoms with van der Waals surface area (Å²) in [5.74, 6) is -1.71. The van der Waals surface area contributed by atoms with E-state index in [1.165, 1.54) is 6.42 Å². The van der Waals surface area contributed by atoms with Gasteiger partial charge in [0.05, 0.1) is 12.1 Å². The minimum Gasteiger partial charge on any atom is -0.363 e. The van der Waals surface area contributed by atoms with Crippen LogP contribution < -0.4 is 16.8 Å². The SMILES string of the molecule is CC1C[C@@H](C(=O)NC(CC2CC2)C(=O)C(N)=O)N(C(=O)C(N)C2CCCCC2)C1. The summed E-state index contributed by atoms with van der Waals surface area (Å²) in [7, 11) is 0. The number of nitrogens with two attached hydrogens (primary N) is 2. The van der Waals surface area contributed by atoms with Crippen LogP contribution in [0.3, 0.4) is 0 Å². The number of carbonyl (C=O) groups is 4. The van der Waals surface area contributed by atoms with E-state index in [0.29, 0.717) is 25.3 Å². The molecule has 4 atom stereocenters. The van der Waals surface area contributed by atoms with E-state index in [4.69, 9.17) is 11.5 Å². The number of primary amides is 1. The molecule has 0 aromatic carbocycles. The Bertz CT molecular complexity index is 657. The Balaban J connectivity index is 1.67. The normalized spacial score (nSPS) is 27.3. The van der Waals surface area contributed by atoms with Crippen LogP contribution in [-0.4, -0.2) is 53.1 Å². The van der Waals surface area contributed by atoms with Crippen LogP contribution in [0.2, 0.25) is 0 Å². The minimum atomic E-state index is -1.04. The summed E-state index contributed by atoms with van der Waals surface area (Å²) in [6.07, 6.45) is 8.17. The first kappa shape index (κ1) is 21.7. The number of carbonyl (C=O) groups excluding carboxylic acids is 4. The predicted molar refractivity (Wildman–Crippen MR) is 107 cm³/mol. The highest BCUT2D eigenvalue weighted by Gasteiger charge is 2.42. The number of nitrogens with one attached hydrogen (secondary N) is 1. The van der Waals surface area contributed by atoms with E-state index in [1.54, 1.807) is 4.90 Å². The predicted octanol–water partition coefficient (Wildman–Crippen LogP) is 0.470. The molecule has 3 amide bonds. The molecule has 29 heavy (non-hydrogen) atoms. The van der Waals surface area contributed by atoms with Gasteiger partial charge in [-0.05, 0) is 43.4 Å². The van der Waals surface area contributed by atoms with Crippen molar-refractivity contribution in [1.29, 1.82) is 0 Å². The maximum atomic E-state index is 13.1. The average molecular weight is 407 g/mol. The topological polar surface area (TPSA) is 136 Å². The van der Waals surface area contributed by atoms with Crippen LogP contribution in [-0.2, 0) is 19.2 Å². The highest BCUT2D eigenvalue weighted by atomic mass is 16.2. The number of rotatable bonds is 8. The first-order chi connectivity index (χ1) is 13.8. The number of Topliss-reactive ketones (excluding diaryl/α,β-unsaturated/α-hetero) is 1. The van der Waals surface area contributed by atoms with Crippen LogP contribution in [0.1, 0.15) is 64.7 Å². The molecule has 0 radical (unpaired) electrons. The molecule has 0 bridgehead atoms. The molecule has 3 aliphatic rings. The van der Waals surface area contributed by atoms with Gasteiger partial charge in [-0.1, -0.05) is 39.0 Å². The molecule has 1 aliphatic heterocycles. The van der Waals surface area contributed by atoms with Gasteiger partial charge in [0, 0.05) is 6.54 Å². The second-order valence-electron chi connectivity index (χ2n) is 9.24. The molecule has 3 rings (SSSR count). The van der Waals surface area contributed by atoms with Gasteiger partial charge in [-0.15, -0.1) is 0 Å². The maximum Gasteiger partial charge on any atom is 0.287 e. The Labute approximate surface area is 172 Å². The Morgan fingerprint density at radius 3 is 2.31 bits per heavy atom. The monoisotopic (exact) mass is 406 g/mol. The molecule has 0 spiro atoms. The number of ketones is 1. The number of amides is 3. The molecular formula is C21H34N4O4. The Kier molecular flexibility index (Phi) is 6.93. The van der Waals surface area contributed by atoms with Crippen molar-refractivity contribution in [3.05, 3.63) is 0 Å². The van der Waals surface area contributed by atoms with E-state index < -0.39 is 35.7 Å². The zero-order chi connectivity index (χ0) is 21.1. The Morgan fingerprint density at radius 1 is 1.07 bits per heavy atom. The van der Waals surface area contributed by atoms with E-state index >= 15 is 0 Å². The first-order valence-electron chi connectivity index (χ1n) is 11.0. The molecular weight excluding hydrogens is 372 g/mol. The van der Waals surface area contributed by atoms with E-state index in [9.17, 15) is 19.2 Å². The fraction of sp³-hybridized carbons (Fsp3) is 0.810. The first-order valence-corrected chi connectivity index (χ1v) is 11.0. The molecule has 5 N–H and O–H groups in total. The maximum absolute atomic E-state index is 13.1. The van der Waals surface area contributed by atoms with Crippen LogP contribution in [0.15, 0.2) is 0 Å². The lowest BCUT2D eigenvalue weighted by Crippen LogP contribution is -2.56. The number of nitrogens with zero attached hydrogens (tertiary/aromatic N) is 1. The Hall–Kier alpha value is -1.96. The van der Waals surface area contributed by atoms with Crippen LogP contribution >= 0.6 is 0 Å². The summed E-state index contributed by atoms with van der Waals surface area (Å²) in [6.45, 7) is 2.48. The summed E-state index contributed by atoms with van der Waals surface area (Å²) in [5, 5.41) is 2.71. The molecule has 8 heteroatoms. The van der Waals surface area contributed by atoms with Crippen LogP contribution in [0.5, 0.6) is 0 Å². The molecule has 3 fully saturated rings. The van der Waals surface area contributed by atoms with Crippen molar-refractivity contribution in [2.24, 2.45) is 29.2 Å². The lowest BCUT2D eigenvalue weighted by Gasteiger charge is -2.32. The third-order valence-electron chi connectivity index (χ3n) is 6.68. The summed E-state index contributed by atoms with van der Waals surface area (Å²) >= 11 is 0. The molecule has 1 saturated heterocycles. The second kappa shape index (κ2) is 9.24. The molecule has 3 unspecified atom stereocenters. The van der Waals surface area contributed by atoms with E-state index in [2.05, 4.69) is 5.32 Å². The third kappa shape index (κ3) is 5.35. The van der Waals surface area contributed by atoms with Gasteiger partial charge in [-0.3, -0.25) is 19.2 Å². The number of likely N-dealkylation sites (tertiary alicyclic amines) is 1. The van der Waals surface area contributed by atoms with Gasteiger partial charge in [0.25, 0.3) is 5.91 Å². The van der Waals surface area contributed by atoms with Crippen molar-refractivity contribution in [1.82, 2.24) is 10.2 Å². The summed E-state index contributed by atoms with van der Waals surface area (Å²) < 4.78 is 0. The number of hydrogen-bond acceptors (Lipinski definition) is 5. The second-order valence-corrected chi connectivity index (χ2v) is 9.24. The molecule has 8 nitrogen and oxygen atoms in total. The highest BCUT2D eigenvalue weighted by molar-refractivity contribution is 6.37. The van der Waals surface area contributed by atoms with Gasteiger partial charge in [0.2, 0.25) is 17.6 Å². The summed E-state index contributed by atoms with van der Waals surface area (Å²) in [6, 6.07) is -2.16. The molecule has 2 aliphatic carbocycles. The van der Waals surface area contributed by atoms with Gasteiger partial charge >= 0.3 is 0 Å². The van der Waals surface area contributed by atoms with E-state index in [-0.39, 0.29) is 17.7 Å². The summed E-state index contributed by atoms with van der Waals surface area (Å²) in [5.41, 5.74) is 11.5. The van der Waals surface area contributed by atoms with Gasteiger partial charge in [0.15, 0.2) is 0 Å². The van der Waals surface area contributed by atoms with E-state index in [1.807, 2.05) is 6.92 Å². The van der Waals surface area contributed by atoms with Crippen LogP contribution in [0.4, 0.5) is 0 Å². The lowest BCUT2D eigenvalue weighted by molar-refractivity contribution is -0.142. The largest absolute Gasteiger partial charge is 0.363 e. The van der Waals surface area contributed by atoms with Gasteiger partial charge in [0.1, 0.15) is 6.04 Å². The Morgan fingerprint density at radius 2 is 1.72 bits per heavy atom. The zero-order valence-electron chi connectivity index (χ0n) is 17.3. The van der Waals surface area contributed by atoms with Gasteiger partial charge in [-0.25, -0.2) is 0 Å². The molecule has 1 heterocycles. The fourth-order valence-electron chi connectivity index (χ4n) is 4.78. The molecule has 2 saturated carbocycles. The van der Waals surface area contributed by atoms with Gasteiger partial charge in [-0.2, -0.15) is 0 Å². The van der Waals surface area contributed by atoms with E-state index in [0.717, 1.165) is 38.5 Å². The van der Waals surface area contributed by atoms with Gasteiger partial charge < -0.3 is 21.7 Å². The van der Waals surface area contributed by atoms with Crippen molar-refractivity contribution in [3.63, 3.8) is 0 Å². The van der Waals surface area contributed by atoms with Crippen LogP contribution in [0.25, 0.3) is 0 Å². The minimum absolute atomic E-state index is 0.162. The van der Waals surface area contributed by atoms with Crippen molar-refractivity contribution in [2.45, 2.75) is 82.8 Å². The lowest BCUT2D eigenvalue weighted by atomic mass is 9.83. The molecule has 0 aromatic rings. The smallest absolute Gasteiger partial charge is 0.287 e. The zero-order valence-corrected chi connectivity index (χ0v) is 17.3. The third-order valence-corrected chi connectivity index (χ3v) is 6.68. The average Bonchev–Trinajstić information content (AvgIpc) is 3.44. The van der Waals surface area contributed by atoms with Crippen molar-refractivity contribution < 1.29 is 19.2 Å². The summed E-state index contributed by atoms with van der Waals surface area (Å²) in [4.78, 5) is 51.2. The highest BCUT2D eigenvalue weighted by Crippen LogP contribution is 2.34. The quantitative estimate of drug-likeness (QED) is 0.504. The van der Waals surface area contributed by atoms with Crippen LogP contribution in [0, 0.1) is 17.8 Å². The fourth-order valence-corrected chi connectivity index (χ4v) is 4.78. The standard InChI is InChI=1S/C21H34N4O4/c1-12-9-16(20(28)24-15(10-13-7-8-13)18(26)19(23)27)25(11-12)21(29)17(22)14-5-3-2-4-6-14/h12-17H,2-11,22H2,1H3,(H2,23,27)(H,24,28)/t12?,15?,16-,17?/m0/s1.